The Morgan fingerprint density at radius 1 is 1.47 bits per heavy atom. The summed E-state index contributed by atoms with van der Waals surface area (Å²) in [5.74, 6) is 0.670. The van der Waals surface area contributed by atoms with Gasteiger partial charge in [0.15, 0.2) is 11.6 Å². The Balaban J connectivity index is 2.24. The quantitative estimate of drug-likeness (QED) is 0.632. The van der Waals surface area contributed by atoms with E-state index in [1.54, 1.807) is 6.07 Å². The normalized spacial score (nSPS) is 11.0. The monoisotopic (exact) mass is 270 g/mol. The summed E-state index contributed by atoms with van der Waals surface area (Å²) in [4.78, 5) is 14.8. The van der Waals surface area contributed by atoms with Gasteiger partial charge in [0.2, 0.25) is 0 Å². The summed E-state index contributed by atoms with van der Waals surface area (Å²) in [6.45, 7) is 0.856. The largest absolute Gasteiger partial charge is 0.441 e. The second kappa shape index (κ2) is 4.61. The SMILES string of the molecule is O=c1nc2n(CCCCBr)cccc-2o1. The first-order valence-electron chi connectivity index (χ1n) is 4.83. The number of pyridine rings is 1. The van der Waals surface area contributed by atoms with Gasteiger partial charge in [-0.2, -0.15) is 4.98 Å². The number of aromatic nitrogens is 2. The molecule has 2 heterocycles. The third-order valence-corrected chi connectivity index (χ3v) is 2.74. The highest BCUT2D eigenvalue weighted by atomic mass is 79.9. The molecule has 0 aromatic carbocycles. The van der Waals surface area contributed by atoms with Crippen molar-refractivity contribution in [3.63, 3.8) is 0 Å². The van der Waals surface area contributed by atoms with Gasteiger partial charge in [-0.25, -0.2) is 4.79 Å². The van der Waals surface area contributed by atoms with Gasteiger partial charge >= 0.3 is 5.76 Å². The van der Waals surface area contributed by atoms with Crippen LogP contribution in [-0.4, -0.2) is 14.9 Å². The summed E-state index contributed by atoms with van der Waals surface area (Å²) in [7, 11) is 0. The fourth-order valence-electron chi connectivity index (χ4n) is 1.48. The van der Waals surface area contributed by atoms with Crippen molar-refractivity contribution in [1.82, 2.24) is 9.55 Å². The van der Waals surface area contributed by atoms with E-state index in [0.717, 1.165) is 24.7 Å². The topological polar surface area (TPSA) is 48.0 Å². The lowest BCUT2D eigenvalue weighted by atomic mass is 10.3. The van der Waals surface area contributed by atoms with Gasteiger partial charge < -0.3 is 8.98 Å². The van der Waals surface area contributed by atoms with E-state index in [-0.39, 0.29) is 0 Å². The number of oxazole rings is 1. The van der Waals surface area contributed by atoms with Crippen molar-refractivity contribution in [2.24, 2.45) is 0 Å². The van der Waals surface area contributed by atoms with Crippen molar-refractivity contribution in [3.05, 3.63) is 28.9 Å². The minimum atomic E-state index is -0.523. The molecular weight excluding hydrogens is 260 g/mol. The maximum Gasteiger partial charge on any atom is 0.441 e. The molecule has 80 valence electrons. The molecule has 0 atom stereocenters. The maximum atomic E-state index is 11.0. The number of fused-ring (bicyclic) bond motifs is 1. The Hall–Kier alpha value is -1.10. The lowest BCUT2D eigenvalue weighted by molar-refractivity contribution is 0.528. The lowest BCUT2D eigenvalue weighted by Gasteiger charge is -2.08. The summed E-state index contributed by atoms with van der Waals surface area (Å²) in [5.41, 5.74) is 0. The number of hydrogen-bond donors (Lipinski definition) is 0. The van der Waals surface area contributed by atoms with E-state index in [0.29, 0.717) is 11.6 Å². The average Bonchev–Trinajstić information content (AvgIpc) is 2.59. The van der Waals surface area contributed by atoms with Gasteiger partial charge in [-0.05, 0) is 25.0 Å². The van der Waals surface area contributed by atoms with Gasteiger partial charge in [-0.1, -0.05) is 15.9 Å². The molecule has 0 spiro atoms. The van der Waals surface area contributed by atoms with Gasteiger partial charge in [0.05, 0.1) is 0 Å². The van der Waals surface area contributed by atoms with Crippen LogP contribution in [0.3, 0.4) is 0 Å². The van der Waals surface area contributed by atoms with Crippen LogP contribution in [0.1, 0.15) is 12.8 Å². The Labute approximate surface area is 95.4 Å². The number of aryl methyl sites for hydroxylation is 1. The zero-order chi connectivity index (χ0) is 10.7. The van der Waals surface area contributed by atoms with Gasteiger partial charge in [-0.15, -0.1) is 0 Å². The fourth-order valence-corrected chi connectivity index (χ4v) is 1.88. The number of halogens is 1. The zero-order valence-corrected chi connectivity index (χ0v) is 9.74. The average molecular weight is 271 g/mol. The first-order chi connectivity index (χ1) is 7.31. The van der Waals surface area contributed by atoms with Crippen LogP contribution >= 0.6 is 15.9 Å². The molecule has 0 aromatic heterocycles. The third kappa shape index (κ3) is 2.28. The standard InChI is InChI=1S/C10H11BrN2O2/c11-5-1-2-6-13-7-3-4-8-9(13)12-10(14)15-8/h3-4,7H,1-2,5-6H2. The van der Waals surface area contributed by atoms with E-state index in [1.165, 1.54) is 0 Å². The summed E-state index contributed by atoms with van der Waals surface area (Å²) in [6, 6.07) is 3.62. The van der Waals surface area contributed by atoms with E-state index in [4.69, 9.17) is 4.42 Å². The third-order valence-electron chi connectivity index (χ3n) is 2.18. The Morgan fingerprint density at radius 3 is 3.13 bits per heavy atom. The van der Waals surface area contributed by atoms with E-state index < -0.39 is 5.76 Å². The fraction of sp³-hybridized carbons (Fsp3) is 0.400. The van der Waals surface area contributed by atoms with Crippen LogP contribution in [0.5, 0.6) is 0 Å². The minimum absolute atomic E-state index is 0.523. The van der Waals surface area contributed by atoms with Crippen LogP contribution in [0, 0.1) is 0 Å². The molecule has 2 rings (SSSR count). The van der Waals surface area contributed by atoms with Crippen LogP contribution in [-0.2, 0) is 6.54 Å². The summed E-state index contributed by atoms with van der Waals surface area (Å²) >= 11 is 3.38. The Morgan fingerprint density at radius 2 is 2.33 bits per heavy atom. The predicted octanol–water partition coefficient (Wildman–Crippen LogP) is 2.12. The number of nitrogens with zero attached hydrogens (tertiary/aromatic N) is 2. The van der Waals surface area contributed by atoms with Crippen LogP contribution in [0.2, 0.25) is 0 Å². The van der Waals surface area contributed by atoms with Crippen molar-refractivity contribution < 1.29 is 4.42 Å². The molecule has 2 aliphatic rings. The number of rotatable bonds is 4. The highest BCUT2D eigenvalue weighted by Gasteiger charge is 2.12. The van der Waals surface area contributed by atoms with Crippen molar-refractivity contribution >= 4 is 15.9 Å². The number of alkyl halides is 1. The van der Waals surface area contributed by atoms with E-state index >= 15 is 0 Å². The number of unbranched alkanes of at least 4 members (excludes halogenated alkanes) is 1. The number of hydrogen-bond acceptors (Lipinski definition) is 3. The molecule has 0 saturated heterocycles. The Bertz CT molecular complexity index is 463. The Kier molecular flexibility index (Phi) is 3.20. The molecule has 0 saturated carbocycles. The summed E-state index contributed by atoms with van der Waals surface area (Å²) in [5, 5.41) is 0.995. The smallest absolute Gasteiger partial charge is 0.405 e. The lowest BCUT2D eigenvalue weighted by Crippen LogP contribution is -2.04. The van der Waals surface area contributed by atoms with E-state index in [1.807, 2.05) is 16.8 Å². The van der Waals surface area contributed by atoms with Crippen molar-refractivity contribution in [3.8, 4) is 11.6 Å². The molecule has 5 heteroatoms. The summed E-state index contributed by atoms with van der Waals surface area (Å²) in [6.07, 6.45) is 4.07. The molecule has 0 amide bonds. The van der Waals surface area contributed by atoms with Crippen LogP contribution in [0.4, 0.5) is 0 Å². The van der Waals surface area contributed by atoms with Gasteiger partial charge in [-0.3, -0.25) is 0 Å². The van der Waals surface area contributed by atoms with Crippen molar-refractivity contribution in [2.45, 2.75) is 19.4 Å². The van der Waals surface area contributed by atoms with Crippen molar-refractivity contribution in [1.29, 1.82) is 0 Å². The molecule has 0 unspecified atom stereocenters. The maximum absolute atomic E-state index is 11.0. The highest BCUT2D eigenvalue weighted by molar-refractivity contribution is 9.09. The predicted molar refractivity (Wildman–Crippen MR) is 60.4 cm³/mol. The molecule has 15 heavy (non-hydrogen) atoms. The molecular formula is C10H11BrN2O2. The van der Waals surface area contributed by atoms with Crippen LogP contribution in [0.25, 0.3) is 11.6 Å². The van der Waals surface area contributed by atoms with Gasteiger partial charge in [0.1, 0.15) is 0 Å². The molecule has 0 aromatic rings. The molecule has 0 fully saturated rings. The highest BCUT2D eigenvalue weighted by Crippen LogP contribution is 2.17. The second-order valence-corrected chi connectivity index (χ2v) is 4.06. The second-order valence-electron chi connectivity index (χ2n) is 3.27. The zero-order valence-electron chi connectivity index (χ0n) is 8.15. The molecule has 2 aliphatic heterocycles. The first kappa shape index (κ1) is 10.4. The van der Waals surface area contributed by atoms with Gasteiger partial charge in [0, 0.05) is 18.1 Å². The molecule has 0 N–H and O–H groups in total. The van der Waals surface area contributed by atoms with E-state index in [2.05, 4.69) is 20.9 Å². The molecule has 4 nitrogen and oxygen atoms in total. The van der Waals surface area contributed by atoms with Crippen LogP contribution < -0.4 is 5.76 Å². The van der Waals surface area contributed by atoms with Gasteiger partial charge in [0.25, 0.3) is 0 Å². The summed E-state index contributed by atoms with van der Waals surface area (Å²) < 4.78 is 6.87. The van der Waals surface area contributed by atoms with Crippen molar-refractivity contribution in [2.75, 3.05) is 5.33 Å². The molecule has 0 radical (unpaired) electrons. The molecule has 0 bridgehead atoms. The minimum Gasteiger partial charge on any atom is -0.405 e. The van der Waals surface area contributed by atoms with E-state index in [9.17, 15) is 4.79 Å². The molecule has 0 aliphatic carbocycles. The van der Waals surface area contributed by atoms with Crippen LogP contribution in [0.15, 0.2) is 27.5 Å². The first-order valence-corrected chi connectivity index (χ1v) is 5.95.